The van der Waals surface area contributed by atoms with Gasteiger partial charge in [-0.2, -0.15) is 8.78 Å². The average molecular weight is 608 g/mol. The second kappa shape index (κ2) is 14.3. The number of pyridine rings is 1. The Kier molecular flexibility index (Phi) is 10.5. The molecule has 0 bridgehead atoms. The van der Waals surface area contributed by atoms with E-state index < -0.39 is 29.9 Å². The van der Waals surface area contributed by atoms with Crippen molar-refractivity contribution in [2.24, 2.45) is 0 Å². The number of piperidine rings is 1. The van der Waals surface area contributed by atoms with E-state index in [0.29, 0.717) is 31.9 Å². The molecule has 2 N–H and O–H groups in total. The van der Waals surface area contributed by atoms with Gasteiger partial charge in [0.2, 0.25) is 5.91 Å². The van der Waals surface area contributed by atoms with Gasteiger partial charge in [-0.3, -0.25) is 24.0 Å². The molecule has 0 saturated carbocycles. The van der Waals surface area contributed by atoms with E-state index in [2.05, 4.69) is 25.7 Å². The molecule has 2 aromatic heterocycles. The highest BCUT2D eigenvalue weighted by Crippen LogP contribution is 2.22. The summed E-state index contributed by atoms with van der Waals surface area (Å²) in [7, 11) is 0. The van der Waals surface area contributed by atoms with E-state index in [1.54, 1.807) is 11.0 Å². The number of alkyl halides is 4. The molecule has 2 unspecified atom stereocenters. The molecule has 0 spiro atoms. The van der Waals surface area contributed by atoms with Crippen LogP contribution in [-0.4, -0.2) is 74.4 Å². The first-order chi connectivity index (χ1) is 20.4. The van der Waals surface area contributed by atoms with Crippen LogP contribution in [0.25, 0.3) is 0 Å². The highest BCUT2D eigenvalue weighted by molar-refractivity contribution is 5.92. The molecular formula is C28H33F4N7O4. The number of hydrogen-bond acceptors (Lipinski definition) is 7. The van der Waals surface area contributed by atoms with Crippen LogP contribution in [0.4, 0.5) is 23.2 Å². The van der Waals surface area contributed by atoms with Crippen LogP contribution >= 0.6 is 0 Å². The van der Waals surface area contributed by atoms with Crippen LogP contribution in [0.1, 0.15) is 42.2 Å². The van der Waals surface area contributed by atoms with Crippen LogP contribution in [0.15, 0.2) is 53.6 Å². The summed E-state index contributed by atoms with van der Waals surface area (Å²) in [6.07, 6.45) is -1.82. The molecule has 2 amide bonds. The number of benzene rings is 1. The largest absolute Gasteiger partial charge is 0.433 e. The fourth-order valence-corrected chi connectivity index (χ4v) is 4.57. The van der Waals surface area contributed by atoms with Gasteiger partial charge in [-0.1, -0.05) is 17.3 Å². The zero-order valence-corrected chi connectivity index (χ0v) is 23.5. The van der Waals surface area contributed by atoms with E-state index >= 15 is 0 Å². The van der Waals surface area contributed by atoms with Crippen LogP contribution in [0.3, 0.4) is 0 Å². The number of carbonyl (C=O) groups excluding carboxylic acids is 2. The molecule has 1 saturated heterocycles. The summed E-state index contributed by atoms with van der Waals surface area (Å²) in [4.78, 5) is 38.9. The van der Waals surface area contributed by atoms with Crippen molar-refractivity contribution in [1.29, 1.82) is 0 Å². The zero-order valence-electron chi connectivity index (χ0n) is 23.5. The summed E-state index contributed by atoms with van der Waals surface area (Å²) >= 11 is 0. The van der Waals surface area contributed by atoms with Gasteiger partial charge in [-0.05, 0) is 49.6 Å². The quantitative estimate of drug-likeness (QED) is 0.286. The van der Waals surface area contributed by atoms with Crippen LogP contribution in [-0.2, 0) is 24.4 Å². The topological polar surface area (TPSA) is 123 Å². The van der Waals surface area contributed by atoms with Crippen molar-refractivity contribution >= 4 is 17.5 Å². The molecule has 0 aliphatic carbocycles. The lowest BCUT2D eigenvalue weighted by atomic mass is 10.1. The van der Waals surface area contributed by atoms with Crippen molar-refractivity contribution in [3.05, 3.63) is 70.4 Å². The maximum atomic E-state index is 14.7. The van der Waals surface area contributed by atoms with E-state index in [9.17, 15) is 31.9 Å². The first kappa shape index (κ1) is 31.7. The number of halogens is 4. The van der Waals surface area contributed by atoms with Gasteiger partial charge in [0.1, 0.15) is 18.1 Å². The molecule has 3 heterocycles. The summed E-state index contributed by atoms with van der Waals surface area (Å²) in [6, 6.07) is 8.60. The standard InChI is InChI=1S/C28H33F4N7O4/c1-28(31,32)43-23-6-2-4-19(12-23)14-33-27(42)24-17-39(36-35-24)11-7-21(30)16-38-10-8-22(13-26(38)41)34-25(40)18-37-9-3-5-20(29)15-37/h2,4,6,8,10,12-13,17,20-21H,3,5,7,9,11,14-16,18H2,1H3,(H,33,42)(H,34,40). The number of carbonyl (C=O) groups is 2. The lowest BCUT2D eigenvalue weighted by Gasteiger charge is -2.28. The molecule has 2 atom stereocenters. The van der Waals surface area contributed by atoms with Gasteiger partial charge in [0.05, 0.1) is 19.3 Å². The van der Waals surface area contributed by atoms with E-state index in [0.717, 1.165) is 0 Å². The summed E-state index contributed by atoms with van der Waals surface area (Å²) < 4.78 is 61.4. The number of anilines is 1. The fourth-order valence-electron chi connectivity index (χ4n) is 4.57. The Balaban J connectivity index is 1.21. The number of amides is 2. The first-order valence-electron chi connectivity index (χ1n) is 13.8. The van der Waals surface area contributed by atoms with Crippen molar-refractivity contribution in [2.45, 2.75) is 64.3 Å². The number of rotatable bonds is 13. The molecule has 1 aliphatic rings. The van der Waals surface area contributed by atoms with Gasteiger partial charge in [-0.25, -0.2) is 8.78 Å². The minimum Gasteiger partial charge on any atom is -0.433 e. The number of aromatic nitrogens is 4. The number of nitrogens with one attached hydrogen (secondary N) is 2. The first-order valence-corrected chi connectivity index (χ1v) is 13.8. The van der Waals surface area contributed by atoms with Gasteiger partial charge in [0.15, 0.2) is 5.69 Å². The molecule has 232 valence electrons. The van der Waals surface area contributed by atoms with E-state index in [-0.39, 0.29) is 62.2 Å². The predicted octanol–water partition coefficient (Wildman–Crippen LogP) is 3.16. The van der Waals surface area contributed by atoms with Gasteiger partial charge in [-0.15, -0.1) is 5.10 Å². The molecular weight excluding hydrogens is 574 g/mol. The lowest BCUT2D eigenvalue weighted by molar-refractivity contribution is -0.159. The summed E-state index contributed by atoms with van der Waals surface area (Å²) in [5.74, 6) is -0.965. The molecule has 1 fully saturated rings. The van der Waals surface area contributed by atoms with Crippen molar-refractivity contribution < 1.29 is 31.9 Å². The molecule has 11 nitrogen and oxygen atoms in total. The monoisotopic (exact) mass is 607 g/mol. The summed E-state index contributed by atoms with van der Waals surface area (Å²) in [5, 5.41) is 12.8. The Morgan fingerprint density at radius 2 is 2.05 bits per heavy atom. The van der Waals surface area contributed by atoms with Crippen molar-refractivity contribution in [1.82, 2.24) is 29.8 Å². The van der Waals surface area contributed by atoms with E-state index in [4.69, 9.17) is 0 Å². The van der Waals surface area contributed by atoms with Gasteiger partial charge < -0.3 is 19.9 Å². The summed E-state index contributed by atoms with van der Waals surface area (Å²) in [6.45, 7) is 1.37. The normalized spacial score (nSPS) is 16.4. The maximum absolute atomic E-state index is 14.7. The smallest absolute Gasteiger partial charge is 0.394 e. The Hall–Kier alpha value is -4.27. The van der Waals surface area contributed by atoms with Gasteiger partial charge >= 0.3 is 6.11 Å². The predicted molar refractivity (Wildman–Crippen MR) is 148 cm³/mol. The van der Waals surface area contributed by atoms with Crippen molar-refractivity contribution in [3.8, 4) is 5.75 Å². The second-order valence-electron chi connectivity index (χ2n) is 10.4. The lowest BCUT2D eigenvalue weighted by Crippen LogP contribution is -2.41. The van der Waals surface area contributed by atoms with E-state index in [1.807, 2.05) is 0 Å². The Morgan fingerprint density at radius 1 is 1.23 bits per heavy atom. The van der Waals surface area contributed by atoms with Crippen LogP contribution in [0.2, 0.25) is 0 Å². The number of aryl methyl sites for hydroxylation is 1. The molecule has 4 rings (SSSR count). The zero-order chi connectivity index (χ0) is 31.0. The van der Waals surface area contributed by atoms with Crippen LogP contribution in [0.5, 0.6) is 5.75 Å². The minimum atomic E-state index is -3.34. The second-order valence-corrected chi connectivity index (χ2v) is 10.4. The molecule has 3 aromatic rings. The third-order valence-electron chi connectivity index (χ3n) is 6.58. The Morgan fingerprint density at radius 3 is 2.79 bits per heavy atom. The SMILES string of the molecule is CC(F)(F)Oc1cccc(CNC(=O)c2cn(CCC(F)Cn3ccc(NC(=O)CN4CCCC(F)C4)cc3=O)nn2)c1. The minimum absolute atomic E-state index is 0.0124. The number of nitrogens with zero attached hydrogens (tertiary/aromatic N) is 5. The molecule has 1 aliphatic heterocycles. The Bertz CT molecular complexity index is 1460. The highest BCUT2D eigenvalue weighted by Gasteiger charge is 2.23. The van der Waals surface area contributed by atoms with Crippen LogP contribution in [0, 0.1) is 0 Å². The highest BCUT2D eigenvalue weighted by atomic mass is 19.3. The van der Waals surface area contributed by atoms with E-state index in [1.165, 1.54) is 52.0 Å². The summed E-state index contributed by atoms with van der Waals surface area (Å²) in [5.41, 5.74) is 0.290. The Labute approximate surface area is 244 Å². The van der Waals surface area contributed by atoms with Crippen molar-refractivity contribution in [2.75, 3.05) is 25.0 Å². The average Bonchev–Trinajstić information content (AvgIpc) is 3.41. The molecule has 43 heavy (non-hydrogen) atoms. The fraction of sp³-hybridized carbons (Fsp3) is 0.464. The molecule has 0 radical (unpaired) electrons. The third-order valence-corrected chi connectivity index (χ3v) is 6.58. The third kappa shape index (κ3) is 10.2. The number of likely N-dealkylation sites (tertiary alicyclic amines) is 1. The molecule has 15 heteroatoms. The molecule has 1 aromatic carbocycles. The van der Waals surface area contributed by atoms with Gasteiger partial charge in [0, 0.05) is 44.5 Å². The van der Waals surface area contributed by atoms with Gasteiger partial charge in [0.25, 0.3) is 11.5 Å². The number of ether oxygens (including phenoxy) is 1. The maximum Gasteiger partial charge on any atom is 0.394 e. The van der Waals surface area contributed by atoms with Crippen LogP contribution < -0.4 is 20.9 Å². The van der Waals surface area contributed by atoms with Crippen molar-refractivity contribution in [3.63, 3.8) is 0 Å². The number of hydrogen-bond donors (Lipinski definition) is 2.